The first-order valence-corrected chi connectivity index (χ1v) is 8.49. The van der Waals surface area contributed by atoms with E-state index in [2.05, 4.69) is 6.92 Å². The van der Waals surface area contributed by atoms with E-state index in [1.54, 1.807) is 0 Å². The molecule has 2 aromatic rings. The second-order valence-corrected chi connectivity index (χ2v) is 6.15. The molecule has 0 aliphatic rings. The Balaban J connectivity index is 2.13. The maximum Gasteiger partial charge on any atom is 0.304 e. The van der Waals surface area contributed by atoms with Crippen molar-refractivity contribution in [2.45, 2.75) is 39.0 Å². The van der Waals surface area contributed by atoms with E-state index in [0.29, 0.717) is 12.0 Å². The monoisotopic (exact) mass is 324 g/mol. The maximum absolute atomic E-state index is 12.7. The molecule has 24 heavy (non-hydrogen) atoms. The van der Waals surface area contributed by atoms with Crippen molar-refractivity contribution >= 4 is 11.8 Å². The van der Waals surface area contributed by atoms with Crippen molar-refractivity contribution in [3.63, 3.8) is 0 Å². The Morgan fingerprint density at radius 1 is 0.958 bits per heavy atom. The van der Waals surface area contributed by atoms with Gasteiger partial charge in [0.25, 0.3) is 0 Å². The van der Waals surface area contributed by atoms with E-state index in [1.165, 1.54) is 5.56 Å². The molecule has 0 saturated heterocycles. The largest absolute Gasteiger partial charge is 0.481 e. The number of rotatable bonds is 9. The summed E-state index contributed by atoms with van der Waals surface area (Å²) >= 11 is 0. The third kappa shape index (κ3) is 5.34. The summed E-state index contributed by atoms with van der Waals surface area (Å²) in [5.74, 6) is -1.57. The summed E-state index contributed by atoms with van der Waals surface area (Å²) in [4.78, 5) is 23.9. The molecular weight excluding hydrogens is 300 g/mol. The van der Waals surface area contributed by atoms with Crippen LogP contribution in [0.5, 0.6) is 0 Å². The van der Waals surface area contributed by atoms with Crippen LogP contribution < -0.4 is 0 Å². The van der Waals surface area contributed by atoms with Crippen LogP contribution >= 0.6 is 0 Å². The zero-order chi connectivity index (χ0) is 17.4. The second kappa shape index (κ2) is 9.02. The summed E-state index contributed by atoms with van der Waals surface area (Å²) in [6.07, 6.45) is 3.57. The van der Waals surface area contributed by atoms with Gasteiger partial charge in [0.2, 0.25) is 0 Å². The molecule has 1 N–H and O–H groups in total. The number of Topliss-reactive ketones (excluding diaryl/α,β-unsaturated/α-hetero) is 1. The van der Waals surface area contributed by atoms with Crippen molar-refractivity contribution < 1.29 is 14.7 Å². The number of aliphatic carboxylic acids is 1. The molecule has 2 aromatic carbocycles. The van der Waals surface area contributed by atoms with Crippen LogP contribution in [0.1, 0.15) is 47.7 Å². The zero-order valence-corrected chi connectivity index (χ0v) is 14.1. The first-order chi connectivity index (χ1) is 11.6. The van der Waals surface area contributed by atoms with Gasteiger partial charge in [-0.05, 0) is 30.4 Å². The van der Waals surface area contributed by atoms with Crippen LogP contribution in [-0.2, 0) is 17.6 Å². The number of carboxylic acids is 1. The Bertz CT molecular complexity index is 659. The molecule has 0 bridgehead atoms. The molecular formula is C21H24O3. The van der Waals surface area contributed by atoms with Crippen molar-refractivity contribution in [3.8, 4) is 0 Å². The fraction of sp³-hybridized carbons (Fsp3) is 0.333. The quantitative estimate of drug-likeness (QED) is 0.689. The third-order valence-electron chi connectivity index (χ3n) is 4.17. The number of carbonyl (C=O) groups excluding carboxylic acids is 1. The fourth-order valence-electron chi connectivity index (χ4n) is 2.82. The van der Waals surface area contributed by atoms with Gasteiger partial charge in [-0.25, -0.2) is 0 Å². The fourth-order valence-corrected chi connectivity index (χ4v) is 2.82. The van der Waals surface area contributed by atoms with Crippen molar-refractivity contribution in [2.24, 2.45) is 5.92 Å². The lowest BCUT2D eigenvalue weighted by Gasteiger charge is -2.14. The Hall–Kier alpha value is -2.42. The molecule has 0 saturated carbocycles. The maximum atomic E-state index is 12.7. The van der Waals surface area contributed by atoms with E-state index < -0.39 is 11.9 Å². The van der Waals surface area contributed by atoms with Gasteiger partial charge in [-0.2, -0.15) is 0 Å². The van der Waals surface area contributed by atoms with Crippen LogP contribution in [0.2, 0.25) is 0 Å². The molecule has 0 aliphatic carbocycles. The first kappa shape index (κ1) is 17.9. The summed E-state index contributed by atoms with van der Waals surface area (Å²) in [5.41, 5.74) is 2.79. The topological polar surface area (TPSA) is 54.4 Å². The van der Waals surface area contributed by atoms with Crippen molar-refractivity contribution in [3.05, 3.63) is 71.3 Å². The number of carbonyl (C=O) groups is 2. The average molecular weight is 324 g/mol. The highest BCUT2D eigenvalue weighted by atomic mass is 16.4. The van der Waals surface area contributed by atoms with E-state index >= 15 is 0 Å². The van der Waals surface area contributed by atoms with Crippen LogP contribution in [0.15, 0.2) is 54.6 Å². The van der Waals surface area contributed by atoms with Gasteiger partial charge in [-0.15, -0.1) is 0 Å². The Kier molecular flexibility index (Phi) is 6.74. The minimum atomic E-state index is -0.941. The molecule has 0 amide bonds. The smallest absolute Gasteiger partial charge is 0.304 e. The zero-order valence-electron chi connectivity index (χ0n) is 14.1. The van der Waals surface area contributed by atoms with Crippen molar-refractivity contribution in [1.29, 1.82) is 0 Å². The molecule has 3 heteroatoms. The Labute approximate surface area is 143 Å². The van der Waals surface area contributed by atoms with E-state index in [0.717, 1.165) is 24.8 Å². The highest BCUT2D eigenvalue weighted by Gasteiger charge is 2.23. The standard InChI is InChI=1S/C21H24O3/c1-2-3-7-16-10-12-18(13-11-16)21(24)19(15-20(22)23)14-17-8-5-4-6-9-17/h4-6,8-13,19H,2-3,7,14-15H2,1H3,(H,22,23). The molecule has 0 radical (unpaired) electrons. The van der Waals surface area contributed by atoms with Crippen LogP contribution in [0.25, 0.3) is 0 Å². The van der Waals surface area contributed by atoms with Crippen molar-refractivity contribution in [1.82, 2.24) is 0 Å². The number of hydrogen-bond donors (Lipinski definition) is 1. The summed E-state index contributed by atoms with van der Waals surface area (Å²) in [5, 5.41) is 9.15. The van der Waals surface area contributed by atoms with E-state index in [1.807, 2.05) is 54.6 Å². The van der Waals surface area contributed by atoms with Gasteiger partial charge < -0.3 is 5.11 Å². The third-order valence-corrected chi connectivity index (χ3v) is 4.17. The number of ketones is 1. The van der Waals surface area contributed by atoms with E-state index in [-0.39, 0.29) is 12.2 Å². The average Bonchev–Trinajstić information content (AvgIpc) is 2.60. The lowest BCUT2D eigenvalue weighted by Crippen LogP contribution is -2.21. The van der Waals surface area contributed by atoms with E-state index in [4.69, 9.17) is 5.11 Å². The lowest BCUT2D eigenvalue weighted by atomic mass is 9.88. The van der Waals surface area contributed by atoms with Crippen LogP contribution in [0, 0.1) is 5.92 Å². The predicted molar refractivity (Wildman–Crippen MR) is 95.3 cm³/mol. The summed E-state index contributed by atoms with van der Waals surface area (Å²) in [6.45, 7) is 2.15. The van der Waals surface area contributed by atoms with Gasteiger partial charge in [0.1, 0.15) is 0 Å². The SMILES string of the molecule is CCCCc1ccc(C(=O)C(CC(=O)O)Cc2ccccc2)cc1. The molecule has 1 atom stereocenters. The van der Waals surface area contributed by atoms with Gasteiger partial charge in [0.05, 0.1) is 6.42 Å². The van der Waals surface area contributed by atoms with Crippen LogP contribution in [0.4, 0.5) is 0 Å². The normalized spacial score (nSPS) is 11.9. The molecule has 0 aliphatic heterocycles. The Morgan fingerprint density at radius 2 is 1.62 bits per heavy atom. The van der Waals surface area contributed by atoms with Gasteiger partial charge in [-0.3, -0.25) is 9.59 Å². The molecule has 0 spiro atoms. The van der Waals surface area contributed by atoms with Crippen LogP contribution in [0.3, 0.4) is 0 Å². The summed E-state index contributed by atoms with van der Waals surface area (Å²) < 4.78 is 0. The number of carboxylic acid groups (broad SMARTS) is 1. The van der Waals surface area contributed by atoms with Gasteiger partial charge in [0, 0.05) is 11.5 Å². The highest BCUT2D eigenvalue weighted by Crippen LogP contribution is 2.19. The van der Waals surface area contributed by atoms with Crippen LogP contribution in [-0.4, -0.2) is 16.9 Å². The molecule has 0 heterocycles. The number of hydrogen-bond acceptors (Lipinski definition) is 2. The summed E-state index contributed by atoms with van der Waals surface area (Å²) in [6, 6.07) is 17.2. The molecule has 2 rings (SSSR count). The highest BCUT2D eigenvalue weighted by molar-refractivity contribution is 5.99. The summed E-state index contributed by atoms with van der Waals surface area (Å²) in [7, 11) is 0. The Morgan fingerprint density at radius 3 is 2.21 bits per heavy atom. The van der Waals surface area contributed by atoms with Gasteiger partial charge >= 0.3 is 5.97 Å². The first-order valence-electron chi connectivity index (χ1n) is 8.49. The number of benzene rings is 2. The van der Waals surface area contributed by atoms with Crippen molar-refractivity contribution in [2.75, 3.05) is 0 Å². The predicted octanol–water partition coefficient (Wildman–Crippen LogP) is 4.55. The molecule has 3 nitrogen and oxygen atoms in total. The number of aryl methyl sites for hydroxylation is 1. The number of unbranched alkanes of at least 4 members (excludes halogenated alkanes) is 1. The van der Waals surface area contributed by atoms with E-state index in [9.17, 15) is 9.59 Å². The molecule has 0 fully saturated rings. The molecule has 0 aromatic heterocycles. The minimum absolute atomic E-state index is 0.0942. The molecule has 126 valence electrons. The van der Waals surface area contributed by atoms with Gasteiger partial charge in [-0.1, -0.05) is 67.9 Å². The minimum Gasteiger partial charge on any atom is -0.481 e. The second-order valence-electron chi connectivity index (χ2n) is 6.15. The molecule has 1 unspecified atom stereocenters. The van der Waals surface area contributed by atoms with Gasteiger partial charge in [0.15, 0.2) is 5.78 Å². The lowest BCUT2D eigenvalue weighted by molar-refractivity contribution is -0.137.